The van der Waals surface area contributed by atoms with E-state index in [1.54, 1.807) is 0 Å². The highest BCUT2D eigenvalue weighted by Gasteiger charge is 2.09. The fraction of sp³-hybridized carbons (Fsp3) is 1.00. The van der Waals surface area contributed by atoms with Gasteiger partial charge in [-0.3, -0.25) is 4.57 Å². The number of halogens is 3. The van der Waals surface area contributed by atoms with Crippen LogP contribution in [-0.2, 0) is 4.57 Å². The fourth-order valence-electron chi connectivity index (χ4n) is 0.266. The zero-order valence-electron chi connectivity index (χ0n) is 5.07. The zero-order chi connectivity index (χ0) is 6.62. The Morgan fingerprint density at radius 3 is 1.80 bits per heavy atom. The summed E-state index contributed by atoms with van der Waals surface area (Å²) in [6.45, 7) is 0. The minimum absolute atomic E-state index is 0. The van der Waals surface area contributed by atoms with Crippen molar-refractivity contribution < 1.29 is 14.4 Å². The van der Waals surface area contributed by atoms with Crippen LogP contribution in [0.5, 0.6) is 0 Å². The smallest absolute Gasteiger partial charge is 0.324 e. The Bertz CT molecular complexity index is 106. The number of rotatable bonds is 3. The molecule has 0 heterocycles. The lowest BCUT2D eigenvalue weighted by Crippen LogP contribution is -1.86. The average molecular weight is 276 g/mol. The molecule has 0 aliphatic carbocycles. The molecule has 0 atom stereocenters. The van der Waals surface area contributed by atoms with Gasteiger partial charge in [-0.15, -0.1) is 24.8 Å². The Morgan fingerprint density at radius 1 is 1.30 bits per heavy atom. The van der Waals surface area contributed by atoms with E-state index in [-0.39, 0.29) is 31.0 Å². The molecule has 0 rings (SSSR count). The maximum Gasteiger partial charge on any atom is 0.325 e. The molecular formula is C3H10BrCl2O3P. The molecule has 7 heteroatoms. The first-order valence-corrected chi connectivity index (χ1v) is 5.09. The fourth-order valence-corrected chi connectivity index (χ4v) is 1.55. The zero-order valence-corrected chi connectivity index (χ0v) is 9.18. The van der Waals surface area contributed by atoms with Gasteiger partial charge < -0.3 is 9.79 Å². The first-order chi connectivity index (χ1) is 3.56. The summed E-state index contributed by atoms with van der Waals surface area (Å²) in [5.74, 6) is 0. The Labute approximate surface area is 80.7 Å². The Kier molecular flexibility index (Phi) is 14.4. The lowest BCUT2D eigenvalue weighted by atomic mass is 10.6. The minimum atomic E-state index is -3.71. The predicted octanol–water partition coefficient (Wildman–Crippen LogP) is 1.79. The Balaban J connectivity index is -0.000000245. The van der Waals surface area contributed by atoms with E-state index < -0.39 is 7.60 Å². The average Bonchev–Trinajstić information content (AvgIpc) is 1.59. The topological polar surface area (TPSA) is 57.5 Å². The van der Waals surface area contributed by atoms with Gasteiger partial charge in [-0.25, -0.2) is 0 Å². The first kappa shape index (κ1) is 17.3. The van der Waals surface area contributed by atoms with Gasteiger partial charge in [0.05, 0.1) is 6.16 Å². The van der Waals surface area contributed by atoms with E-state index in [1.807, 2.05) is 0 Å². The van der Waals surface area contributed by atoms with Gasteiger partial charge in [0.2, 0.25) is 0 Å². The quantitative estimate of drug-likeness (QED) is 0.610. The molecule has 2 N–H and O–H groups in total. The Morgan fingerprint density at radius 2 is 1.70 bits per heavy atom. The second-order valence-electron chi connectivity index (χ2n) is 1.43. The van der Waals surface area contributed by atoms with Crippen LogP contribution in [0.1, 0.15) is 6.42 Å². The van der Waals surface area contributed by atoms with Crippen molar-refractivity contribution in [2.75, 3.05) is 11.5 Å². The third-order valence-electron chi connectivity index (χ3n) is 0.583. The number of hydrogen-bond donors (Lipinski definition) is 2. The van der Waals surface area contributed by atoms with Crippen molar-refractivity contribution in [3.63, 3.8) is 0 Å². The molecule has 0 bridgehead atoms. The van der Waals surface area contributed by atoms with E-state index in [4.69, 9.17) is 9.79 Å². The van der Waals surface area contributed by atoms with Gasteiger partial charge in [0.25, 0.3) is 0 Å². The molecule has 0 amide bonds. The van der Waals surface area contributed by atoms with Crippen LogP contribution in [-0.4, -0.2) is 21.3 Å². The van der Waals surface area contributed by atoms with Gasteiger partial charge in [-0.1, -0.05) is 15.9 Å². The predicted molar refractivity (Wildman–Crippen MR) is 49.8 cm³/mol. The highest BCUT2D eigenvalue weighted by Crippen LogP contribution is 2.34. The molecule has 0 spiro atoms. The van der Waals surface area contributed by atoms with Crippen LogP contribution in [0, 0.1) is 0 Å². The van der Waals surface area contributed by atoms with Crippen LogP contribution < -0.4 is 0 Å². The highest BCUT2D eigenvalue weighted by molar-refractivity contribution is 9.09. The van der Waals surface area contributed by atoms with E-state index in [9.17, 15) is 4.57 Å². The summed E-state index contributed by atoms with van der Waals surface area (Å²) in [6, 6.07) is 0. The van der Waals surface area contributed by atoms with Gasteiger partial charge in [-0.2, -0.15) is 0 Å². The van der Waals surface area contributed by atoms with Gasteiger partial charge in [0, 0.05) is 5.33 Å². The van der Waals surface area contributed by atoms with E-state index in [1.165, 1.54) is 0 Å². The van der Waals surface area contributed by atoms with Crippen molar-refractivity contribution in [2.45, 2.75) is 6.42 Å². The summed E-state index contributed by atoms with van der Waals surface area (Å²) in [5, 5.41) is 0.651. The van der Waals surface area contributed by atoms with E-state index >= 15 is 0 Å². The van der Waals surface area contributed by atoms with Crippen LogP contribution in [0.4, 0.5) is 0 Å². The largest absolute Gasteiger partial charge is 0.325 e. The van der Waals surface area contributed by atoms with Crippen LogP contribution in [0.3, 0.4) is 0 Å². The molecule has 0 saturated carbocycles. The molecule has 0 aromatic heterocycles. The molecule has 3 nitrogen and oxygen atoms in total. The van der Waals surface area contributed by atoms with Gasteiger partial charge in [0.15, 0.2) is 0 Å². The van der Waals surface area contributed by atoms with Gasteiger partial charge in [0.1, 0.15) is 0 Å². The van der Waals surface area contributed by atoms with Crippen molar-refractivity contribution >= 4 is 48.3 Å². The lowest BCUT2D eigenvalue weighted by Gasteiger charge is -1.98. The SMILES string of the molecule is Cl.Cl.O=P(O)(O)CCCBr. The van der Waals surface area contributed by atoms with Gasteiger partial charge >= 0.3 is 7.60 Å². The monoisotopic (exact) mass is 274 g/mol. The molecule has 0 aromatic carbocycles. The van der Waals surface area contributed by atoms with Crippen molar-refractivity contribution in [3.8, 4) is 0 Å². The standard InChI is InChI=1S/C3H8BrO3P.2ClH/c4-2-1-3-8(5,6)7;;/h1-3H2,(H2,5,6,7);2*1H. The number of hydrogen-bond acceptors (Lipinski definition) is 1. The summed E-state index contributed by atoms with van der Waals surface area (Å²) < 4.78 is 10.1. The van der Waals surface area contributed by atoms with Crippen LogP contribution >= 0.6 is 48.3 Å². The summed E-state index contributed by atoms with van der Waals surface area (Å²) >= 11 is 3.06. The van der Waals surface area contributed by atoms with Crippen LogP contribution in [0.25, 0.3) is 0 Å². The van der Waals surface area contributed by atoms with E-state index in [0.29, 0.717) is 11.8 Å². The summed E-state index contributed by atoms with van der Waals surface area (Å²) in [6.07, 6.45) is 0.516. The molecule has 0 radical (unpaired) electrons. The molecular weight excluding hydrogens is 266 g/mol. The molecule has 0 aliphatic heterocycles. The minimum Gasteiger partial charge on any atom is -0.324 e. The maximum atomic E-state index is 10.1. The Hall–Kier alpha value is 1.21. The first-order valence-electron chi connectivity index (χ1n) is 2.17. The molecule has 10 heavy (non-hydrogen) atoms. The van der Waals surface area contributed by atoms with Crippen molar-refractivity contribution in [1.29, 1.82) is 0 Å². The van der Waals surface area contributed by atoms with Crippen molar-refractivity contribution in [3.05, 3.63) is 0 Å². The second-order valence-corrected chi connectivity index (χ2v) is 4.00. The third-order valence-corrected chi connectivity index (χ3v) is 2.04. The summed E-state index contributed by atoms with van der Waals surface area (Å²) in [7, 11) is -3.71. The molecule has 66 valence electrons. The van der Waals surface area contributed by atoms with E-state index in [2.05, 4.69) is 15.9 Å². The maximum absolute atomic E-state index is 10.1. The van der Waals surface area contributed by atoms with Gasteiger partial charge in [-0.05, 0) is 6.42 Å². The summed E-state index contributed by atoms with van der Waals surface area (Å²) in [5.41, 5.74) is 0. The second kappa shape index (κ2) is 8.31. The lowest BCUT2D eigenvalue weighted by molar-refractivity contribution is 0.372. The van der Waals surface area contributed by atoms with Crippen LogP contribution in [0.2, 0.25) is 0 Å². The molecule has 0 unspecified atom stereocenters. The molecule has 0 fully saturated rings. The van der Waals surface area contributed by atoms with Crippen molar-refractivity contribution in [2.24, 2.45) is 0 Å². The van der Waals surface area contributed by atoms with Crippen LogP contribution in [0.15, 0.2) is 0 Å². The molecule has 0 saturated heterocycles. The third kappa shape index (κ3) is 16.1. The van der Waals surface area contributed by atoms with E-state index in [0.717, 1.165) is 0 Å². The normalized spacial score (nSPS) is 9.50. The molecule has 0 aliphatic rings. The summed E-state index contributed by atoms with van der Waals surface area (Å²) in [4.78, 5) is 16.5. The highest BCUT2D eigenvalue weighted by atomic mass is 79.9. The van der Waals surface area contributed by atoms with Crippen molar-refractivity contribution in [1.82, 2.24) is 0 Å². The molecule has 0 aromatic rings. The number of alkyl halides is 1.